The Morgan fingerprint density at radius 1 is 0.842 bits per heavy atom. The third kappa shape index (κ3) is 9.65. The highest BCUT2D eigenvalue weighted by Crippen LogP contribution is 2.38. The maximum absolute atomic E-state index is 11.2. The molecule has 4 heteroatoms. The first-order valence-electron chi connectivity index (χ1n) is 8.02. The Morgan fingerprint density at radius 3 is 1.63 bits per heavy atom. The average molecular weight is 292 g/mol. The van der Waals surface area contributed by atoms with Crippen LogP contribution in [-0.4, -0.2) is 10.5 Å². The second-order valence-corrected chi connectivity index (χ2v) is 6.30. The van der Waals surface area contributed by atoms with E-state index in [0.717, 1.165) is 44.9 Å². The Kier molecular flexibility index (Phi) is 12.0. The summed E-state index contributed by atoms with van der Waals surface area (Å²) >= 11 is 0. The van der Waals surface area contributed by atoms with E-state index in [0.29, 0.717) is 0 Å². The van der Waals surface area contributed by atoms with Crippen molar-refractivity contribution in [2.75, 3.05) is 0 Å². The molecule has 0 saturated heterocycles. The van der Waals surface area contributed by atoms with E-state index in [4.69, 9.17) is 4.52 Å². The van der Waals surface area contributed by atoms with Crippen molar-refractivity contribution >= 4 is 8.25 Å². The Morgan fingerprint density at radius 2 is 1.26 bits per heavy atom. The minimum Gasteiger partial charge on any atom is -0.326 e. The molecule has 0 aromatic heterocycles. The third-order valence-electron chi connectivity index (χ3n) is 3.76. The highest BCUT2D eigenvalue weighted by atomic mass is 31.1. The fourth-order valence-electron chi connectivity index (χ4n) is 2.61. The molecule has 1 N–H and O–H groups in total. The largest absolute Gasteiger partial charge is 0.326 e. The normalized spacial score (nSPS) is 13.7. The number of hydrogen-bond donors (Lipinski definition) is 1. The summed E-state index contributed by atoms with van der Waals surface area (Å²) in [7, 11) is -2.84. The molecule has 0 rings (SSSR count). The van der Waals surface area contributed by atoms with Crippen molar-refractivity contribution in [2.45, 2.75) is 97.0 Å². The molecule has 0 bridgehead atoms. The summed E-state index contributed by atoms with van der Waals surface area (Å²) in [6.07, 6.45) is 11.9. The Labute approximate surface area is 120 Å². The fraction of sp³-hybridized carbons (Fsp3) is 1.00. The van der Waals surface area contributed by atoms with Gasteiger partial charge < -0.3 is 9.42 Å². The Hall–Kier alpha value is 0.150. The maximum atomic E-state index is 11.2. The molecule has 1 atom stereocenters. The summed E-state index contributed by atoms with van der Waals surface area (Å²) in [4.78, 5) is 9.22. The van der Waals surface area contributed by atoms with Crippen LogP contribution in [0.25, 0.3) is 0 Å². The fourth-order valence-corrected chi connectivity index (χ4v) is 3.28. The van der Waals surface area contributed by atoms with E-state index in [1.807, 2.05) is 0 Å². The number of unbranched alkanes of at least 4 members (excludes halogenated alkanes) is 5. The van der Waals surface area contributed by atoms with Crippen LogP contribution in [0, 0.1) is 0 Å². The predicted octanol–water partition coefficient (Wildman–Crippen LogP) is 5.47. The summed E-state index contributed by atoms with van der Waals surface area (Å²) in [5.74, 6) is 0. The van der Waals surface area contributed by atoms with Gasteiger partial charge in [-0.1, -0.05) is 72.1 Å². The van der Waals surface area contributed by atoms with Crippen molar-refractivity contribution in [1.82, 2.24) is 0 Å². The second kappa shape index (κ2) is 11.9. The first kappa shape index (κ1) is 19.1. The van der Waals surface area contributed by atoms with Gasteiger partial charge in [-0.05, 0) is 19.3 Å². The maximum Gasteiger partial charge on any atom is 0.317 e. The topological polar surface area (TPSA) is 46.5 Å². The zero-order chi connectivity index (χ0) is 14.6. The quantitative estimate of drug-likeness (QED) is 0.361. The molecule has 3 nitrogen and oxygen atoms in total. The van der Waals surface area contributed by atoms with E-state index in [-0.39, 0.29) is 5.60 Å². The molecule has 116 valence electrons. The summed E-state index contributed by atoms with van der Waals surface area (Å²) in [5, 5.41) is 0. The Balaban J connectivity index is 4.58. The van der Waals surface area contributed by atoms with Gasteiger partial charge in [-0.3, -0.25) is 4.57 Å². The van der Waals surface area contributed by atoms with Gasteiger partial charge in [0.25, 0.3) is 0 Å². The molecule has 0 aromatic carbocycles. The molecule has 0 saturated carbocycles. The van der Waals surface area contributed by atoms with Gasteiger partial charge >= 0.3 is 8.25 Å². The molecule has 0 fully saturated rings. The van der Waals surface area contributed by atoms with Gasteiger partial charge in [0.2, 0.25) is 0 Å². The van der Waals surface area contributed by atoms with Crippen LogP contribution in [0.1, 0.15) is 91.4 Å². The van der Waals surface area contributed by atoms with E-state index < -0.39 is 8.25 Å². The van der Waals surface area contributed by atoms with Crippen LogP contribution in [-0.2, 0) is 9.09 Å². The van der Waals surface area contributed by atoms with Gasteiger partial charge in [0.15, 0.2) is 0 Å². The third-order valence-corrected chi connectivity index (χ3v) is 4.37. The molecule has 0 spiro atoms. The number of rotatable bonds is 13. The molecule has 0 aliphatic rings. The summed E-state index contributed by atoms with van der Waals surface area (Å²) in [5.41, 5.74) is -0.342. The van der Waals surface area contributed by atoms with Crippen molar-refractivity contribution < 1.29 is 14.0 Å². The average Bonchev–Trinajstić information content (AvgIpc) is 2.36. The van der Waals surface area contributed by atoms with Crippen LogP contribution in [0.5, 0.6) is 0 Å². The molecule has 0 radical (unpaired) electrons. The van der Waals surface area contributed by atoms with Gasteiger partial charge in [-0.25, -0.2) is 0 Å². The summed E-state index contributed by atoms with van der Waals surface area (Å²) in [6.45, 7) is 6.52. The standard InChI is InChI=1S/C15H33O3P/c1-4-7-10-13-15(12-9-6-3,18-19(16)17)14-11-8-5-2/h19H,4-14H2,1-3H3,(H,16,17). The lowest BCUT2D eigenvalue weighted by atomic mass is 9.86. The number of hydrogen-bond acceptors (Lipinski definition) is 2. The van der Waals surface area contributed by atoms with Crippen molar-refractivity contribution in [1.29, 1.82) is 0 Å². The minimum atomic E-state index is -2.84. The van der Waals surface area contributed by atoms with E-state index in [1.165, 1.54) is 25.7 Å². The van der Waals surface area contributed by atoms with Crippen LogP contribution in [0.3, 0.4) is 0 Å². The SMILES string of the molecule is CCCCCC(CCCC)(CCCCC)O[PH](=O)O. The van der Waals surface area contributed by atoms with Crippen molar-refractivity contribution in [2.24, 2.45) is 0 Å². The monoisotopic (exact) mass is 292 g/mol. The van der Waals surface area contributed by atoms with Crippen molar-refractivity contribution in [3.8, 4) is 0 Å². The molecule has 0 aromatic rings. The lowest BCUT2D eigenvalue weighted by molar-refractivity contribution is 0.0313. The van der Waals surface area contributed by atoms with E-state index in [1.54, 1.807) is 0 Å². The summed E-state index contributed by atoms with van der Waals surface area (Å²) in [6, 6.07) is 0. The lowest BCUT2D eigenvalue weighted by Crippen LogP contribution is -2.30. The molecule has 0 aliphatic heterocycles. The van der Waals surface area contributed by atoms with E-state index >= 15 is 0 Å². The highest BCUT2D eigenvalue weighted by molar-refractivity contribution is 7.32. The van der Waals surface area contributed by atoms with Crippen molar-refractivity contribution in [3.05, 3.63) is 0 Å². The molecular formula is C15H33O3P. The van der Waals surface area contributed by atoms with E-state index in [2.05, 4.69) is 20.8 Å². The molecule has 19 heavy (non-hydrogen) atoms. The molecule has 0 aliphatic carbocycles. The van der Waals surface area contributed by atoms with Gasteiger partial charge in [0.1, 0.15) is 0 Å². The van der Waals surface area contributed by atoms with E-state index in [9.17, 15) is 9.46 Å². The van der Waals surface area contributed by atoms with Crippen LogP contribution >= 0.6 is 8.25 Å². The minimum absolute atomic E-state index is 0.342. The first-order chi connectivity index (χ1) is 9.10. The molecular weight excluding hydrogens is 259 g/mol. The van der Waals surface area contributed by atoms with Crippen LogP contribution < -0.4 is 0 Å². The zero-order valence-electron chi connectivity index (χ0n) is 13.0. The van der Waals surface area contributed by atoms with Crippen LogP contribution in [0.4, 0.5) is 0 Å². The van der Waals surface area contributed by atoms with Gasteiger partial charge in [-0.2, -0.15) is 0 Å². The van der Waals surface area contributed by atoms with Gasteiger partial charge in [0, 0.05) is 0 Å². The van der Waals surface area contributed by atoms with Gasteiger partial charge in [0.05, 0.1) is 5.60 Å². The highest BCUT2D eigenvalue weighted by Gasteiger charge is 2.31. The second-order valence-electron chi connectivity index (χ2n) is 5.57. The zero-order valence-corrected chi connectivity index (χ0v) is 14.0. The predicted molar refractivity (Wildman–Crippen MR) is 82.8 cm³/mol. The smallest absolute Gasteiger partial charge is 0.317 e. The van der Waals surface area contributed by atoms with Gasteiger partial charge in [-0.15, -0.1) is 0 Å². The first-order valence-corrected chi connectivity index (χ1v) is 9.28. The van der Waals surface area contributed by atoms with Crippen LogP contribution in [0.15, 0.2) is 0 Å². The summed E-state index contributed by atoms with van der Waals surface area (Å²) < 4.78 is 16.7. The van der Waals surface area contributed by atoms with Crippen molar-refractivity contribution in [3.63, 3.8) is 0 Å². The Bertz CT molecular complexity index is 221. The lowest BCUT2D eigenvalue weighted by Gasteiger charge is -2.33. The van der Waals surface area contributed by atoms with Crippen LogP contribution in [0.2, 0.25) is 0 Å². The molecule has 0 amide bonds. The molecule has 0 heterocycles. The molecule has 1 unspecified atom stereocenters.